The standard InChI is InChI=1S/C17H17ClN2O2/c1-12-2-8-15(9-3-12)20-17(22)10-16(21)19-11-13-4-6-14(18)7-5-13/h2-9H,10-11H2,1H3,(H,19,21)(H,20,22). The molecule has 0 saturated carbocycles. The third-order valence-electron chi connectivity index (χ3n) is 3.06. The number of anilines is 1. The fourth-order valence-corrected chi connectivity index (χ4v) is 1.98. The van der Waals surface area contributed by atoms with Crippen molar-refractivity contribution in [3.8, 4) is 0 Å². The lowest BCUT2D eigenvalue weighted by atomic mass is 10.2. The third-order valence-corrected chi connectivity index (χ3v) is 3.31. The normalized spacial score (nSPS) is 10.1. The SMILES string of the molecule is Cc1ccc(NC(=O)CC(=O)NCc2ccc(Cl)cc2)cc1. The summed E-state index contributed by atoms with van der Waals surface area (Å²) in [5, 5.41) is 6.04. The highest BCUT2D eigenvalue weighted by molar-refractivity contribution is 6.30. The van der Waals surface area contributed by atoms with Gasteiger partial charge in [-0.25, -0.2) is 0 Å². The second-order valence-corrected chi connectivity index (χ2v) is 5.43. The molecule has 0 fully saturated rings. The number of amides is 2. The lowest BCUT2D eigenvalue weighted by Gasteiger charge is -2.07. The zero-order chi connectivity index (χ0) is 15.9. The van der Waals surface area contributed by atoms with E-state index in [1.807, 2.05) is 31.2 Å². The zero-order valence-corrected chi connectivity index (χ0v) is 13.0. The average Bonchev–Trinajstić information content (AvgIpc) is 2.49. The van der Waals surface area contributed by atoms with Gasteiger partial charge < -0.3 is 10.6 Å². The van der Waals surface area contributed by atoms with Crippen LogP contribution in [0.5, 0.6) is 0 Å². The minimum Gasteiger partial charge on any atom is -0.352 e. The minimum atomic E-state index is -0.336. The maximum absolute atomic E-state index is 11.8. The van der Waals surface area contributed by atoms with Crippen molar-refractivity contribution in [2.75, 3.05) is 5.32 Å². The second kappa shape index (κ2) is 7.61. The van der Waals surface area contributed by atoms with Crippen LogP contribution >= 0.6 is 11.6 Å². The Bertz CT molecular complexity index is 651. The molecular formula is C17H17ClN2O2. The largest absolute Gasteiger partial charge is 0.352 e. The zero-order valence-electron chi connectivity index (χ0n) is 12.2. The van der Waals surface area contributed by atoms with Crippen LogP contribution in [0.15, 0.2) is 48.5 Å². The summed E-state index contributed by atoms with van der Waals surface area (Å²) in [5.41, 5.74) is 2.72. The van der Waals surface area contributed by atoms with Gasteiger partial charge in [-0.3, -0.25) is 9.59 Å². The lowest BCUT2D eigenvalue weighted by molar-refractivity contribution is -0.126. The Morgan fingerprint density at radius 2 is 1.59 bits per heavy atom. The fourth-order valence-electron chi connectivity index (χ4n) is 1.85. The van der Waals surface area contributed by atoms with Crippen LogP contribution in [0, 0.1) is 6.92 Å². The molecule has 0 aromatic heterocycles. The van der Waals surface area contributed by atoms with Crippen LogP contribution in [0.3, 0.4) is 0 Å². The molecule has 0 aliphatic heterocycles. The van der Waals surface area contributed by atoms with E-state index in [4.69, 9.17) is 11.6 Å². The summed E-state index contributed by atoms with van der Waals surface area (Å²) < 4.78 is 0. The molecule has 114 valence electrons. The van der Waals surface area contributed by atoms with Crippen LogP contribution in [0.4, 0.5) is 5.69 Å². The van der Waals surface area contributed by atoms with Crippen LogP contribution in [0.25, 0.3) is 0 Å². The van der Waals surface area contributed by atoms with Crippen molar-refractivity contribution in [1.82, 2.24) is 5.32 Å². The molecule has 0 radical (unpaired) electrons. The van der Waals surface area contributed by atoms with Gasteiger partial charge in [0, 0.05) is 17.3 Å². The summed E-state index contributed by atoms with van der Waals surface area (Å²) in [7, 11) is 0. The van der Waals surface area contributed by atoms with Crippen molar-refractivity contribution in [1.29, 1.82) is 0 Å². The van der Waals surface area contributed by atoms with Crippen LogP contribution in [-0.2, 0) is 16.1 Å². The van der Waals surface area contributed by atoms with Gasteiger partial charge in [0.1, 0.15) is 6.42 Å². The maximum atomic E-state index is 11.8. The van der Waals surface area contributed by atoms with Crippen molar-refractivity contribution in [3.05, 3.63) is 64.7 Å². The Hall–Kier alpha value is -2.33. The fraction of sp³-hybridized carbons (Fsp3) is 0.176. The molecule has 0 aliphatic rings. The van der Waals surface area contributed by atoms with Gasteiger partial charge in [0.15, 0.2) is 0 Å². The molecule has 0 atom stereocenters. The Kier molecular flexibility index (Phi) is 5.55. The van der Waals surface area contributed by atoms with E-state index in [0.29, 0.717) is 17.3 Å². The smallest absolute Gasteiger partial charge is 0.233 e. The number of hydrogen-bond acceptors (Lipinski definition) is 2. The van der Waals surface area contributed by atoms with E-state index in [-0.39, 0.29) is 18.2 Å². The molecule has 0 aliphatic carbocycles. The summed E-state index contributed by atoms with van der Waals surface area (Å²) in [6.07, 6.45) is -0.207. The van der Waals surface area contributed by atoms with Crippen molar-refractivity contribution in [2.24, 2.45) is 0 Å². The summed E-state index contributed by atoms with van der Waals surface area (Å²) in [5.74, 6) is -0.656. The van der Waals surface area contributed by atoms with Crippen LogP contribution in [0.2, 0.25) is 5.02 Å². The number of nitrogens with one attached hydrogen (secondary N) is 2. The van der Waals surface area contributed by atoms with Gasteiger partial charge >= 0.3 is 0 Å². The molecule has 2 N–H and O–H groups in total. The first kappa shape index (κ1) is 16.0. The van der Waals surface area contributed by atoms with E-state index in [1.165, 1.54) is 0 Å². The molecule has 2 aromatic carbocycles. The van der Waals surface area contributed by atoms with Gasteiger partial charge in [-0.1, -0.05) is 41.4 Å². The van der Waals surface area contributed by atoms with Crippen molar-refractivity contribution in [2.45, 2.75) is 19.9 Å². The molecule has 4 nitrogen and oxygen atoms in total. The van der Waals surface area contributed by atoms with E-state index >= 15 is 0 Å². The Balaban J connectivity index is 1.77. The van der Waals surface area contributed by atoms with Gasteiger partial charge in [0.2, 0.25) is 11.8 Å². The first-order valence-corrected chi connectivity index (χ1v) is 7.28. The number of benzene rings is 2. The molecule has 0 unspecified atom stereocenters. The summed E-state index contributed by atoms with van der Waals surface area (Å²) in [6, 6.07) is 14.6. The van der Waals surface area contributed by atoms with Crippen LogP contribution in [-0.4, -0.2) is 11.8 Å². The monoisotopic (exact) mass is 316 g/mol. The molecule has 22 heavy (non-hydrogen) atoms. The number of aryl methyl sites for hydroxylation is 1. The summed E-state index contributed by atoms with van der Waals surface area (Å²) >= 11 is 5.79. The van der Waals surface area contributed by atoms with E-state index in [0.717, 1.165) is 11.1 Å². The molecule has 0 heterocycles. The number of hydrogen-bond donors (Lipinski definition) is 2. The van der Waals surface area contributed by atoms with Crippen molar-refractivity contribution < 1.29 is 9.59 Å². The van der Waals surface area contributed by atoms with Gasteiger partial charge in [0.25, 0.3) is 0 Å². The number of carbonyl (C=O) groups excluding carboxylic acids is 2. The highest BCUT2D eigenvalue weighted by Gasteiger charge is 2.09. The van der Waals surface area contributed by atoms with Crippen molar-refractivity contribution >= 4 is 29.1 Å². The molecule has 2 rings (SSSR count). The summed E-state index contributed by atoms with van der Waals surface area (Å²) in [6.45, 7) is 2.34. The first-order chi connectivity index (χ1) is 10.5. The molecular weight excluding hydrogens is 300 g/mol. The predicted molar refractivity (Wildman–Crippen MR) is 87.7 cm³/mol. The predicted octanol–water partition coefficient (Wildman–Crippen LogP) is 3.29. The number of carbonyl (C=O) groups is 2. The molecule has 2 amide bonds. The second-order valence-electron chi connectivity index (χ2n) is 4.99. The van der Waals surface area contributed by atoms with E-state index in [9.17, 15) is 9.59 Å². The van der Waals surface area contributed by atoms with Crippen LogP contribution in [0.1, 0.15) is 17.5 Å². The van der Waals surface area contributed by atoms with Gasteiger partial charge in [-0.05, 0) is 36.8 Å². The molecule has 0 spiro atoms. The average molecular weight is 317 g/mol. The number of halogens is 1. The minimum absolute atomic E-state index is 0.207. The Labute approximate surface area is 134 Å². The van der Waals surface area contributed by atoms with Crippen LogP contribution < -0.4 is 10.6 Å². The quantitative estimate of drug-likeness (QED) is 0.832. The lowest BCUT2D eigenvalue weighted by Crippen LogP contribution is -2.27. The summed E-state index contributed by atoms with van der Waals surface area (Å²) in [4.78, 5) is 23.5. The van der Waals surface area contributed by atoms with Crippen molar-refractivity contribution in [3.63, 3.8) is 0 Å². The molecule has 2 aromatic rings. The topological polar surface area (TPSA) is 58.2 Å². The molecule has 0 bridgehead atoms. The highest BCUT2D eigenvalue weighted by Crippen LogP contribution is 2.10. The molecule has 5 heteroatoms. The van der Waals surface area contributed by atoms with E-state index in [1.54, 1.807) is 24.3 Å². The molecule has 0 saturated heterocycles. The highest BCUT2D eigenvalue weighted by atomic mass is 35.5. The van der Waals surface area contributed by atoms with E-state index in [2.05, 4.69) is 10.6 Å². The number of rotatable bonds is 5. The van der Waals surface area contributed by atoms with E-state index < -0.39 is 0 Å². The third kappa shape index (κ3) is 5.22. The Morgan fingerprint density at radius 1 is 0.955 bits per heavy atom. The van der Waals surface area contributed by atoms with Gasteiger partial charge in [0.05, 0.1) is 0 Å². The van der Waals surface area contributed by atoms with Gasteiger partial charge in [-0.15, -0.1) is 0 Å². The Morgan fingerprint density at radius 3 is 2.23 bits per heavy atom. The first-order valence-electron chi connectivity index (χ1n) is 6.90. The maximum Gasteiger partial charge on any atom is 0.233 e. The van der Waals surface area contributed by atoms with Gasteiger partial charge in [-0.2, -0.15) is 0 Å².